The number of benzene rings is 1. The number of halogens is 1. The fourth-order valence-electron chi connectivity index (χ4n) is 2.54. The van der Waals surface area contributed by atoms with E-state index in [0.717, 1.165) is 0 Å². The zero-order chi connectivity index (χ0) is 20.3. The number of carbonyl (C=O) groups excluding carboxylic acids is 1. The zero-order valence-electron chi connectivity index (χ0n) is 14.8. The number of ketones is 1. The van der Waals surface area contributed by atoms with Gasteiger partial charge in [-0.1, -0.05) is 23.7 Å². The molecule has 0 radical (unpaired) electrons. The molecule has 0 amide bonds. The van der Waals surface area contributed by atoms with Crippen LogP contribution in [0.4, 0.5) is 0 Å². The third-order valence-corrected chi connectivity index (χ3v) is 4.09. The molecule has 0 aliphatic rings. The molecule has 0 atom stereocenters. The van der Waals surface area contributed by atoms with Crippen LogP contribution in [0, 0.1) is 0 Å². The molecule has 8 nitrogen and oxygen atoms in total. The first-order valence-corrected chi connectivity index (χ1v) is 8.32. The number of aromatic nitrogens is 3. The second kappa shape index (κ2) is 9.80. The van der Waals surface area contributed by atoms with Gasteiger partial charge < -0.3 is 14.6 Å². The monoisotopic (exact) mass is 423 g/mol. The van der Waals surface area contributed by atoms with Crippen LogP contribution >= 0.6 is 11.6 Å². The van der Waals surface area contributed by atoms with Crippen molar-refractivity contribution in [2.45, 2.75) is 0 Å². The summed E-state index contributed by atoms with van der Waals surface area (Å²) in [7, 11) is 2.75. The Balaban J connectivity index is 0.00000300. The first-order valence-electron chi connectivity index (χ1n) is 7.94. The van der Waals surface area contributed by atoms with Crippen molar-refractivity contribution in [2.24, 2.45) is 0 Å². The van der Waals surface area contributed by atoms with Gasteiger partial charge in [-0.2, -0.15) is 9.97 Å². The number of methoxy groups -OCH3 is 2. The normalized spacial score (nSPS) is 10.0. The molecule has 10 heteroatoms. The Hall–Kier alpha value is -2.52. The summed E-state index contributed by atoms with van der Waals surface area (Å²) < 4.78 is 10.1. The third-order valence-electron chi connectivity index (χ3n) is 3.84. The molecule has 1 N–H and O–H groups in total. The van der Waals surface area contributed by atoms with Gasteiger partial charge in [0.05, 0.1) is 25.8 Å². The van der Waals surface area contributed by atoms with Gasteiger partial charge in [0.25, 0.3) is 0 Å². The molecule has 29 heavy (non-hydrogen) atoms. The molecular formula is C19H15ClN3NaO5. The molecule has 1 aromatic carbocycles. The van der Waals surface area contributed by atoms with Crippen molar-refractivity contribution in [3.05, 3.63) is 64.7 Å². The van der Waals surface area contributed by atoms with Crippen LogP contribution in [0.3, 0.4) is 0 Å². The van der Waals surface area contributed by atoms with Crippen molar-refractivity contribution in [1.29, 1.82) is 0 Å². The molecule has 0 aliphatic carbocycles. The molecule has 0 fully saturated rings. The molecule has 0 aliphatic heterocycles. The minimum absolute atomic E-state index is 0. The Labute approximate surface area is 193 Å². The second-order valence-corrected chi connectivity index (χ2v) is 5.94. The van der Waals surface area contributed by atoms with Crippen LogP contribution in [-0.4, -0.2) is 75.6 Å². The van der Waals surface area contributed by atoms with Crippen LogP contribution in [0.25, 0.3) is 11.1 Å². The van der Waals surface area contributed by atoms with Crippen LogP contribution in [-0.2, 0) is 0 Å². The Bertz CT molecular complexity index is 1040. The van der Waals surface area contributed by atoms with Crippen molar-refractivity contribution in [3.8, 4) is 22.9 Å². The molecular weight excluding hydrogens is 409 g/mol. The average Bonchev–Trinajstić information content (AvgIpc) is 2.72. The summed E-state index contributed by atoms with van der Waals surface area (Å²) in [6, 6.07) is 9.47. The third kappa shape index (κ3) is 4.91. The summed E-state index contributed by atoms with van der Waals surface area (Å²) in [5.41, 5.74) is 0.329. The van der Waals surface area contributed by atoms with Gasteiger partial charge in [-0.05, 0) is 23.8 Å². The summed E-state index contributed by atoms with van der Waals surface area (Å²) in [6.45, 7) is 0. The van der Waals surface area contributed by atoms with E-state index in [9.17, 15) is 14.7 Å². The molecule has 0 unspecified atom stereocenters. The fourth-order valence-corrected chi connectivity index (χ4v) is 2.67. The molecule has 0 saturated carbocycles. The molecule has 0 bridgehead atoms. The van der Waals surface area contributed by atoms with Gasteiger partial charge >= 0.3 is 35.5 Å². The average molecular weight is 424 g/mol. The van der Waals surface area contributed by atoms with Crippen LogP contribution in [0.2, 0.25) is 5.02 Å². The molecule has 0 saturated heterocycles. The number of rotatable bonds is 6. The Morgan fingerprint density at radius 1 is 1.00 bits per heavy atom. The standard InChI is InChI=1S/C19H14ClN3O5.Na.H/c1-27-13-9-14(28-2)23-18(22-13)17(24)16-15(19(25)26)12(7-8-21-16)10-3-5-11(20)6-4-10;;/h3-9H,1-2H3,(H,25,26);;. The van der Waals surface area contributed by atoms with E-state index >= 15 is 0 Å². The topological polar surface area (TPSA) is 112 Å². The van der Waals surface area contributed by atoms with Crippen molar-refractivity contribution in [3.63, 3.8) is 0 Å². The van der Waals surface area contributed by atoms with Gasteiger partial charge in [-0.25, -0.2) is 4.79 Å². The maximum atomic E-state index is 13.0. The Kier molecular flexibility index (Phi) is 7.69. The number of pyridine rings is 1. The molecule has 3 aromatic rings. The fraction of sp³-hybridized carbons (Fsp3) is 0.105. The number of nitrogens with zero attached hydrogens (tertiary/aromatic N) is 3. The molecule has 2 aromatic heterocycles. The summed E-state index contributed by atoms with van der Waals surface area (Å²) >= 11 is 5.90. The Morgan fingerprint density at radius 2 is 1.59 bits per heavy atom. The van der Waals surface area contributed by atoms with Crippen LogP contribution in [0.1, 0.15) is 26.7 Å². The molecule has 144 valence electrons. The SMILES string of the molecule is COc1cc(OC)nc(C(=O)c2nccc(-c3ccc(Cl)cc3)c2C(=O)O)n1.[NaH]. The first-order chi connectivity index (χ1) is 13.4. The quantitative estimate of drug-likeness (QED) is 0.475. The number of ether oxygens (including phenoxy) is 2. The predicted octanol–water partition coefficient (Wildman–Crippen LogP) is 2.49. The molecule has 2 heterocycles. The van der Waals surface area contributed by atoms with Gasteiger partial charge in [-0.3, -0.25) is 9.78 Å². The summed E-state index contributed by atoms with van der Waals surface area (Å²) in [5, 5.41) is 10.3. The zero-order valence-corrected chi connectivity index (χ0v) is 15.6. The van der Waals surface area contributed by atoms with E-state index in [4.69, 9.17) is 21.1 Å². The van der Waals surface area contributed by atoms with Gasteiger partial charge in [0.2, 0.25) is 23.4 Å². The van der Waals surface area contributed by atoms with Crippen molar-refractivity contribution >= 4 is 52.9 Å². The number of carboxylic acids is 1. The summed E-state index contributed by atoms with van der Waals surface area (Å²) in [6.07, 6.45) is 1.35. The molecule has 3 rings (SSSR count). The van der Waals surface area contributed by atoms with Gasteiger partial charge in [0.1, 0.15) is 5.69 Å². The summed E-state index contributed by atoms with van der Waals surface area (Å²) in [4.78, 5) is 36.8. The number of carbonyl (C=O) groups is 2. The van der Waals surface area contributed by atoms with Crippen LogP contribution in [0.15, 0.2) is 42.6 Å². The maximum absolute atomic E-state index is 13.0. The Morgan fingerprint density at radius 3 is 2.10 bits per heavy atom. The second-order valence-electron chi connectivity index (χ2n) is 5.50. The predicted molar refractivity (Wildman–Crippen MR) is 107 cm³/mol. The van der Waals surface area contributed by atoms with E-state index in [2.05, 4.69) is 15.0 Å². The van der Waals surface area contributed by atoms with Gasteiger partial charge in [0.15, 0.2) is 0 Å². The number of hydrogen-bond acceptors (Lipinski definition) is 7. The van der Waals surface area contributed by atoms with Gasteiger partial charge in [0, 0.05) is 16.8 Å². The van der Waals surface area contributed by atoms with Gasteiger partial charge in [-0.15, -0.1) is 0 Å². The van der Waals surface area contributed by atoms with E-state index < -0.39 is 11.8 Å². The van der Waals surface area contributed by atoms with Crippen molar-refractivity contribution in [1.82, 2.24) is 15.0 Å². The van der Waals surface area contributed by atoms with Crippen LogP contribution in [0.5, 0.6) is 11.8 Å². The molecule has 0 spiro atoms. The summed E-state index contributed by atoms with van der Waals surface area (Å²) in [5.74, 6) is -2.18. The van der Waals surface area contributed by atoms with Crippen molar-refractivity contribution < 1.29 is 24.2 Å². The van der Waals surface area contributed by atoms with Crippen molar-refractivity contribution in [2.75, 3.05) is 14.2 Å². The first kappa shape index (κ1) is 22.8. The minimum atomic E-state index is -1.31. The van der Waals surface area contributed by atoms with E-state index in [0.29, 0.717) is 16.1 Å². The van der Waals surface area contributed by atoms with Crippen LogP contribution < -0.4 is 9.47 Å². The number of hydrogen-bond donors (Lipinski definition) is 1. The van der Waals surface area contributed by atoms with E-state index in [1.54, 1.807) is 24.3 Å². The van der Waals surface area contributed by atoms with E-state index in [1.165, 1.54) is 32.5 Å². The number of aromatic carboxylic acids is 1. The van der Waals surface area contributed by atoms with E-state index in [-0.39, 0.29) is 58.4 Å². The number of carboxylic acid groups (broad SMARTS) is 1. The van der Waals surface area contributed by atoms with E-state index in [1.807, 2.05) is 0 Å².